The number of nitrogens with zero attached hydrogens (tertiary/aromatic N) is 1. The highest BCUT2D eigenvalue weighted by Crippen LogP contribution is 2.33. The lowest BCUT2D eigenvalue weighted by molar-refractivity contribution is 0.101. The summed E-state index contributed by atoms with van der Waals surface area (Å²) in [5, 5.41) is 3.30. The Morgan fingerprint density at radius 2 is 1.59 bits per heavy atom. The highest BCUT2D eigenvalue weighted by Gasteiger charge is 2.13. The highest BCUT2D eigenvalue weighted by atomic mass is 32.2. The number of aromatic amines is 1. The maximum Gasteiger partial charge on any atom is 0.291 e. The largest absolute Gasteiger partial charge is 0.318 e. The molecule has 6 heteroatoms. The smallest absolute Gasteiger partial charge is 0.291 e. The number of hydrogen-bond acceptors (Lipinski definition) is 4. The molecular formula is C21H15N3O2S. The van der Waals surface area contributed by atoms with Crippen LogP contribution in [0.2, 0.25) is 0 Å². The first-order valence-electron chi connectivity index (χ1n) is 8.33. The lowest BCUT2D eigenvalue weighted by Gasteiger charge is -2.10. The number of rotatable bonds is 4. The van der Waals surface area contributed by atoms with E-state index in [1.807, 2.05) is 54.6 Å². The topological polar surface area (TPSA) is 74.8 Å². The number of aromatic nitrogens is 2. The van der Waals surface area contributed by atoms with Gasteiger partial charge in [-0.1, -0.05) is 54.2 Å². The minimum Gasteiger partial charge on any atom is -0.318 e. The zero-order chi connectivity index (χ0) is 18.6. The lowest BCUT2D eigenvalue weighted by Crippen LogP contribution is -2.21. The first-order valence-corrected chi connectivity index (χ1v) is 9.15. The molecule has 0 saturated carbocycles. The van der Waals surface area contributed by atoms with Crippen LogP contribution in [0, 0.1) is 0 Å². The minimum atomic E-state index is -0.459. The Balaban J connectivity index is 1.63. The molecule has 0 aliphatic carbocycles. The molecule has 2 N–H and O–H groups in total. The van der Waals surface area contributed by atoms with Crippen LogP contribution in [-0.4, -0.2) is 15.9 Å². The zero-order valence-electron chi connectivity index (χ0n) is 14.2. The number of nitrogens with one attached hydrogen (secondary N) is 2. The van der Waals surface area contributed by atoms with Crippen molar-refractivity contribution in [3.05, 3.63) is 95.0 Å². The van der Waals surface area contributed by atoms with Gasteiger partial charge in [0.15, 0.2) is 5.82 Å². The maximum atomic E-state index is 12.7. The van der Waals surface area contributed by atoms with Crippen molar-refractivity contribution in [2.24, 2.45) is 0 Å². The van der Waals surface area contributed by atoms with Gasteiger partial charge in [0.2, 0.25) is 0 Å². The van der Waals surface area contributed by atoms with Crippen molar-refractivity contribution in [1.29, 1.82) is 0 Å². The molecule has 0 fully saturated rings. The fourth-order valence-electron chi connectivity index (χ4n) is 2.65. The van der Waals surface area contributed by atoms with E-state index in [0.29, 0.717) is 16.6 Å². The van der Waals surface area contributed by atoms with E-state index in [1.54, 1.807) is 36.0 Å². The fourth-order valence-corrected chi connectivity index (χ4v) is 3.57. The number of amides is 1. The molecule has 0 aliphatic rings. The van der Waals surface area contributed by atoms with Crippen LogP contribution in [-0.2, 0) is 0 Å². The van der Waals surface area contributed by atoms with Crippen LogP contribution >= 0.6 is 11.8 Å². The first-order chi connectivity index (χ1) is 13.2. The van der Waals surface area contributed by atoms with E-state index in [0.717, 1.165) is 9.79 Å². The summed E-state index contributed by atoms with van der Waals surface area (Å²) in [6.45, 7) is 0. The molecule has 5 nitrogen and oxygen atoms in total. The van der Waals surface area contributed by atoms with Crippen LogP contribution in [0.1, 0.15) is 10.6 Å². The number of fused-ring (bicyclic) bond motifs is 1. The van der Waals surface area contributed by atoms with Gasteiger partial charge in [-0.25, -0.2) is 4.98 Å². The van der Waals surface area contributed by atoms with Crippen molar-refractivity contribution in [2.45, 2.75) is 9.79 Å². The highest BCUT2D eigenvalue weighted by molar-refractivity contribution is 7.99. The quantitative estimate of drug-likeness (QED) is 0.558. The van der Waals surface area contributed by atoms with E-state index < -0.39 is 5.91 Å². The van der Waals surface area contributed by atoms with Gasteiger partial charge >= 0.3 is 0 Å². The summed E-state index contributed by atoms with van der Waals surface area (Å²) < 4.78 is 0. The SMILES string of the molecule is O=C(Nc1ccccc1Sc1ccccc1)c1nc2ccccc2c(=O)[nH]1. The number of hydrogen-bond donors (Lipinski definition) is 2. The van der Waals surface area contributed by atoms with Crippen LogP contribution in [0.4, 0.5) is 5.69 Å². The summed E-state index contributed by atoms with van der Waals surface area (Å²) in [7, 11) is 0. The second-order valence-corrected chi connectivity index (χ2v) is 6.91. The summed E-state index contributed by atoms with van der Waals surface area (Å²) in [6, 6.07) is 24.3. The van der Waals surface area contributed by atoms with Gasteiger partial charge in [-0.15, -0.1) is 0 Å². The summed E-state index contributed by atoms with van der Waals surface area (Å²) in [5.74, 6) is -0.475. The van der Waals surface area contributed by atoms with Crippen LogP contribution in [0.25, 0.3) is 10.9 Å². The van der Waals surface area contributed by atoms with Gasteiger partial charge in [0, 0.05) is 9.79 Å². The minimum absolute atomic E-state index is 0.0155. The Morgan fingerprint density at radius 3 is 2.44 bits per heavy atom. The normalized spacial score (nSPS) is 10.7. The predicted molar refractivity (Wildman–Crippen MR) is 107 cm³/mol. The van der Waals surface area contributed by atoms with Gasteiger partial charge in [0.25, 0.3) is 11.5 Å². The van der Waals surface area contributed by atoms with E-state index in [-0.39, 0.29) is 11.4 Å². The molecule has 1 amide bonds. The van der Waals surface area contributed by atoms with Crippen LogP contribution in [0.3, 0.4) is 0 Å². The fraction of sp³-hybridized carbons (Fsp3) is 0. The molecule has 0 saturated heterocycles. The molecule has 4 rings (SSSR count). The van der Waals surface area contributed by atoms with Crippen molar-refractivity contribution in [3.63, 3.8) is 0 Å². The average Bonchev–Trinajstić information content (AvgIpc) is 2.70. The van der Waals surface area contributed by atoms with Crippen molar-refractivity contribution in [2.75, 3.05) is 5.32 Å². The van der Waals surface area contributed by atoms with Gasteiger partial charge in [-0.2, -0.15) is 0 Å². The number of para-hydroxylation sites is 2. The number of anilines is 1. The van der Waals surface area contributed by atoms with Crippen LogP contribution in [0.15, 0.2) is 93.4 Å². The monoisotopic (exact) mass is 373 g/mol. The first kappa shape index (κ1) is 17.1. The molecule has 27 heavy (non-hydrogen) atoms. The third kappa shape index (κ3) is 3.75. The van der Waals surface area contributed by atoms with Gasteiger partial charge in [0.05, 0.1) is 16.6 Å². The lowest BCUT2D eigenvalue weighted by atomic mass is 10.2. The predicted octanol–water partition coefficient (Wildman–Crippen LogP) is 4.33. The Morgan fingerprint density at radius 1 is 0.889 bits per heavy atom. The Labute approximate surface area is 159 Å². The van der Waals surface area contributed by atoms with E-state index in [1.165, 1.54) is 0 Å². The van der Waals surface area contributed by atoms with Crippen molar-refractivity contribution < 1.29 is 4.79 Å². The van der Waals surface area contributed by atoms with Crippen LogP contribution < -0.4 is 10.9 Å². The summed E-state index contributed by atoms with van der Waals surface area (Å²) in [5.41, 5.74) is 0.809. The summed E-state index contributed by atoms with van der Waals surface area (Å²) in [4.78, 5) is 33.6. The molecule has 3 aromatic carbocycles. The number of carbonyl (C=O) groups is 1. The zero-order valence-corrected chi connectivity index (χ0v) is 15.0. The molecule has 0 bridgehead atoms. The standard InChI is InChI=1S/C21H15N3O2S/c25-20-15-10-4-5-11-16(15)22-19(24-20)21(26)23-17-12-6-7-13-18(17)27-14-8-2-1-3-9-14/h1-13H,(H,23,26)(H,22,24,25). The molecule has 0 spiro atoms. The van der Waals surface area contributed by atoms with E-state index in [4.69, 9.17) is 0 Å². The Kier molecular flexibility index (Phi) is 4.72. The third-order valence-electron chi connectivity index (χ3n) is 3.93. The molecule has 0 aliphatic heterocycles. The molecule has 132 valence electrons. The third-order valence-corrected chi connectivity index (χ3v) is 5.02. The second kappa shape index (κ2) is 7.47. The van der Waals surface area contributed by atoms with Crippen LogP contribution in [0.5, 0.6) is 0 Å². The van der Waals surface area contributed by atoms with Gasteiger partial charge in [-0.3, -0.25) is 9.59 Å². The number of benzene rings is 3. The van der Waals surface area contributed by atoms with Crippen molar-refractivity contribution >= 4 is 34.3 Å². The van der Waals surface area contributed by atoms with E-state index in [9.17, 15) is 9.59 Å². The molecule has 0 unspecified atom stereocenters. The van der Waals surface area contributed by atoms with Crippen molar-refractivity contribution in [3.8, 4) is 0 Å². The van der Waals surface area contributed by atoms with Gasteiger partial charge in [-0.05, 0) is 36.4 Å². The molecule has 4 aromatic rings. The van der Waals surface area contributed by atoms with E-state index >= 15 is 0 Å². The Bertz CT molecular complexity index is 1170. The number of H-pyrrole nitrogens is 1. The molecule has 0 atom stereocenters. The molecule has 1 heterocycles. The summed E-state index contributed by atoms with van der Waals surface area (Å²) in [6.07, 6.45) is 0. The average molecular weight is 373 g/mol. The Hall–Kier alpha value is -3.38. The molecular weight excluding hydrogens is 358 g/mol. The molecule has 0 radical (unpaired) electrons. The number of carbonyl (C=O) groups excluding carboxylic acids is 1. The van der Waals surface area contributed by atoms with Crippen molar-refractivity contribution in [1.82, 2.24) is 9.97 Å². The van der Waals surface area contributed by atoms with Gasteiger partial charge in [0.1, 0.15) is 0 Å². The van der Waals surface area contributed by atoms with Gasteiger partial charge < -0.3 is 10.3 Å². The molecule has 1 aromatic heterocycles. The second-order valence-electron chi connectivity index (χ2n) is 5.80. The van der Waals surface area contributed by atoms with E-state index in [2.05, 4.69) is 15.3 Å². The summed E-state index contributed by atoms with van der Waals surface area (Å²) >= 11 is 1.55. The maximum absolute atomic E-state index is 12.7.